The molecule has 0 saturated carbocycles. The quantitative estimate of drug-likeness (QED) is 0.158. The van der Waals surface area contributed by atoms with E-state index in [0.29, 0.717) is 34.7 Å². The van der Waals surface area contributed by atoms with E-state index in [-0.39, 0.29) is 28.0 Å². The van der Waals surface area contributed by atoms with Gasteiger partial charge in [-0.2, -0.15) is 0 Å². The zero-order valence-electron chi connectivity index (χ0n) is 27.0. The molecule has 6 aromatic rings. The summed E-state index contributed by atoms with van der Waals surface area (Å²) in [6.07, 6.45) is 2.34. The molecule has 0 aliphatic heterocycles. The van der Waals surface area contributed by atoms with Crippen LogP contribution in [0.15, 0.2) is 101 Å². The number of carbonyl (C=O) groups is 1. The van der Waals surface area contributed by atoms with Crippen LogP contribution in [0.3, 0.4) is 0 Å². The largest absolute Gasteiger partial charge is 0.343 e. The molecule has 2 amide bonds. The van der Waals surface area contributed by atoms with Gasteiger partial charge in [-0.05, 0) is 78.8 Å². The number of hydrogen-bond acceptors (Lipinski definition) is 7. The Balaban J connectivity index is 1.56. The number of urea groups is 1. The zero-order chi connectivity index (χ0) is 35.4. The van der Waals surface area contributed by atoms with Crippen molar-refractivity contribution in [3.63, 3.8) is 0 Å². The van der Waals surface area contributed by atoms with Crippen LogP contribution in [0.25, 0.3) is 26.3 Å². The highest BCUT2D eigenvalue weighted by atomic mass is 32.1. The molecule has 0 saturated heterocycles. The van der Waals surface area contributed by atoms with Crippen LogP contribution in [0.4, 0.5) is 23.7 Å². The molecule has 0 bridgehead atoms. The molecule has 0 aliphatic rings. The van der Waals surface area contributed by atoms with Crippen molar-refractivity contribution >= 4 is 33.3 Å². The smallest absolute Gasteiger partial charge is 0.306 e. The molecule has 0 aliphatic carbocycles. The molecule has 2 N–H and O–H groups in total. The Labute approximate surface area is 288 Å². The fourth-order valence-corrected chi connectivity index (χ4v) is 6.91. The first kappa shape index (κ1) is 34.3. The van der Waals surface area contributed by atoms with Gasteiger partial charge in [-0.3, -0.25) is 19.2 Å². The number of nitrogens with one attached hydrogen (secondary N) is 2. The van der Waals surface area contributed by atoms with E-state index >= 15 is 8.78 Å². The summed E-state index contributed by atoms with van der Waals surface area (Å²) in [5.41, 5.74) is 3.01. The van der Waals surface area contributed by atoms with E-state index in [9.17, 15) is 18.8 Å². The molecule has 0 unspecified atom stereocenters. The summed E-state index contributed by atoms with van der Waals surface area (Å²) in [6.45, 7) is 0.308. The minimum atomic E-state index is -0.851. The number of anilines is 1. The number of nitrogens with zero attached hydrogens (tertiary/aromatic N) is 4. The number of benzene rings is 3. The van der Waals surface area contributed by atoms with Gasteiger partial charge in [0.15, 0.2) is 0 Å². The molecule has 3 aromatic carbocycles. The molecule has 10 nitrogen and oxygen atoms in total. The third kappa shape index (κ3) is 7.22. The molecule has 0 fully saturated rings. The predicted octanol–water partition coefficient (Wildman–Crippen LogP) is 6.10. The van der Waals surface area contributed by atoms with E-state index in [1.807, 2.05) is 30.1 Å². The highest BCUT2D eigenvalue weighted by Crippen LogP contribution is 2.38. The number of hydroxylamine groups is 1. The number of aromatic nitrogens is 3. The summed E-state index contributed by atoms with van der Waals surface area (Å²) in [4.78, 5) is 52.5. The Morgan fingerprint density at radius 1 is 0.920 bits per heavy atom. The molecule has 256 valence electrons. The lowest BCUT2D eigenvalue weighted by molar-refractivity contribution is 0.114. The van der Waals surface area contributed by atoms with Gasteiger partial charge in [0.1, 0.15) is 22.3 Å². The maximum atomic E-state index is 15.0. The van der Waals surface area contributed by atoms with Crippen LogP contribution in [0.2, 0.25) is 0 Å². The Kier molecular flexibility index (Phi) is 10.2. The van der Waals surface area contributed by atoms with Gasteiger partial charge in [0.25, 0.3) is 5.56 Å². The number of carbonyl (C=O) groups excluding carboxylic acids is 1. The summed E-state index contributed by atoms with van der Waals surface area (Å²) in [7, 11) is 3.20. The van der Waals surface area contributed by atoms with Crippen molar-refractivity contribution in [3.8, 4) is 16.1 Å². The Morgan fingerprint density at radius 2 is 1.64 bits per heavy atom. The van der Waals surface area contributed by atoms with Crippen LogP contribution in [0.1, 0.15) is 16.8 Å². The third-order valence-corrected chi connectivity index (χ3v) is 9.34. The van der Waals surface area contributed by atoms with Gasteiger partial charge in [-0.15, -0.1) is 11.3 Å². The first-order valence-electron chi connectivity index (χ1n) is 15.4. The van der Waals surface area contributed by atoms with Gasteiger partial charge in [0, 0.05) is 47.5 Å². The standard InChI is InChI=1S/C36H31F3N6O4S/c1-43(19-17-24-6-3-4-18-40-24)20-28-31-33(46)45(26-15-11-23(37)12-16-26)36(48)44(21-27-29(38)7-5-8-30(27)39)34(31)50-32(28)22-9-13-25(14-10-22)41-35(47)42-49-2/h3-16,18H,17,19-21H2,1-2H3,(H2,41,42,47). The minimum Gasteiger partial charge on any atom is -0.306 e. The minimum absolute atomic E-state index is 0.0954. The second-order valence-corrected chi connectivity index (χ2v) is 12.4. The lowest BCUT2D eigenvalue weighted by Crippen LogP contribution is -2.39. The summed E-state index contributed by atoms with van der Waals surface area (Å²) < 4.78 is 46.1. The maximum absolute atomic E-state index is 15.0. The fraction of sp³-hybridized carbons (Fsp3) is 0.167. The lowest BCUT2D eigenvalue weighted by Gasteiger charge is -2.18. The number of hydrogen-bond donors (Lipinski definition) is 2. The van der Waals surface area contributed by atoms with Gasteiger partial charge in [0.2, 0.25) is 0 Å². The first-order chi connectivity index (χ1) is 24.1. The van der Waals surface area contributed by atoms with Gasteiger partial charge in [-0.1, -0.05) is 24.3 Å². The monoisotopic (exact) mass is 700 g/mol. The summed E-state index contributed by atoms with van der Waals surface area (Å²) in [6, 6.07) is 20.2. The Bertz CT molecular complexity index is 2250. The number of fused-ring (bicyclic) bond motifs is 1. The van der Waals surface area contributed by atoms with Crippen molar-refractivity contribution in [2.24, 2.45) is 0 Å². The fourth-order valence-electron chi connectivity index (χ4n) is 5.61. The second kappa shape index (κ2) is 14.9. The average Bonchev–Trinajstić information content (AvgIpc) is 3.47. The van der Waals surface area contributed by atoms with Crippen molar-refractivity contribution in [1.29, 1.82) is 0 Å². The van der Waals surface area contributed by atoms with Gasteiger partial charge < -0.3 is 10.2 Å². The molecule has 0 spiro atoms. The Hall–Kier alpha value is -5.57. The van der Waals surface area contributed by atoms with Crippen molar-refractivity contribution in [3.05, 3.63) is 146 Å². The predicted molar refractivity (Wildman–Crippen MR) is 186 cm³/mol. The molecule has 0 atom stereocenters. The molecule has 3 heterocycles. The highest BCUT2D eigenvalue weighted by Gasteiger charge is 2.26. The van der Waals surface area contributed by atoms with Crippen molar-refractivity contribution in [2.45, 2.75) is 19.5 Å². The van der Waals surface area contributed by atoms with Crippen LogP contribution in [-0.2, 0) is 24.3 Å². The van der Waals surface area contributed by atoms with Gasteiger partial charge in [-0.25, -0.2) is 32.8 Å². The second-order valence-electron chi connectivity index (χ2n) is 11.4. The van der Waals surface area contributed by atoms with E-state index in [0.717, 1.165) is 45.9 Å². The summed E-state index contributed by atoms with van der Waals surface area (Å²) in [5, 5.41) is 2.82. The molecule has 3 aromatic heterocycles. The van der Waals surface area contributed by atoms with E-state index in [1.165, 1.54) is 29.9 Å². The van der Waals surface area contributed by atoms with E-state index in [1.54, 1.807) is 30.5 Å². The molecular formula is C36H31F3N6O4S. The van der Waals surface area contributed by atoms with Crippen LogP contribution in [0, 0.1) is 17.5 Å². The molecule has 0 radical (unpaired) electrons. The number of thiophene rings is 1. The third-order valence-electron chi connectivity index (χ3n) is 8.04. The van der Waals surface area contributed by atoms with E-state index in [2.05, 4.69) is 20.6 Å². The average molecular weight is 701 g/mol. The van der Waals surface area contributed by atoms with Crippen molar-refractivity contribution in [2.75, 3.05) is 26.0 Å². The van der Waals surface area contributed by atoms with E-state index in [4.69, 9.17) is 0 Å². The summed E-state index contributed by atoms with van der Waals surface area (Å²) >= 11 is 1.14. The molecular weight excluding hydrogens is 669 g/mol. The van der Waals surface area contributed by atoms with Crippen LogP contribution in [0.5, 0.6) is 0 Å². The number of pyridine rings is 1. The Morgan fingerprint density at radius 3 is 2.30 bits per heavy atom. The first-order valence-corrected chi connectivity index (χ1v) is 16.2. The zero-order valence-corrected chi connectivity index (χ0v) is 27.8. The number of likely N-dealkylation sites (N-methyl/N-ethyl adjacent to an activating group) is 1. The van der Waals surface area contributed by atoms with E-state index < -0.39 is 41.3 Å². The maximum Gasteiger partial charge on any atom is 0.343 e. The van der Waals surface area contributed by atoms with Crippen LogP contribution >= 0.6 is 11.3 Å². The number of rotatable bonds is 11. The number of halogens is 3. The van der Waals surface area contributed by atoms with Crippen LogP contribution < -0.4 is 22.0 Å². The summed E-state index contributed by atoms with van der Waals surface area (Å²) in [5.74, 6) is -2.27. The molecule has 50 heavy (non-hydrogen) atoms. The normalized spacial score (nSPS) is 11.3. The number of amides is 2. The SMILES string of the molecule is CONC(=O)Nc1ccc(-c2sc3c(c2CN(C)CCc2ccccn2)c(=O)n(-c2ccc(F)cc2)c(=O)n3Cc2c(F)cccc2F)cc1. The van der Waals surface area contributed by atoms with Crippen molar-refractivity contribution in [1.82, 2.24) is 24.5 Å². The lowest BCUT2D eigenvalue weighted by atomic mass is 10.1. The topological polar surface area (TPSA) is 110 Å². The van der Waals surface area contributed by atoms with Gasteiger partial charge >= 0.3 is 11.7 Å². The highest BCUT2D eigenvalue weighted by molar-refractivity contribution is 7.22. The molecule has 6 rings (SSSR count). The van der Waals surface area contributed by atoms with Crippen LogP contribution in [-0.4, -0.2) is 45.8 Å². The van der Waals surface area contributed by atoms with Crippen molar-refractivity contribution < 1.29 is 22.8 Å². The van der Waals surface area contributed by atoms with Gasteiger partial charge in [0.05, 0.1) is 24.7 Å². The molecule has 14 heteroatoms.